The van der Waals surface area contributed by atoms with E-state index in [1.807, 2.05) is 31.2 Å². The lowest BCUT2D eigenvalue weighted by Crippen LogP contribution is -2.45. The van der Waals surface area contributed by atoms with E-state index in [1.54, 1.807) is 4.90 Å². The highest BCUT2D eigenvalue weighted by atomic mass is 16.3. The average molecular weight is 453 g/mol. The van der Waals surface area contributed by atoms with Crippen LogP contribution in [0.15, 0.2) is 42.5 Å². The van der Waals surface area contributed by atoms with Gasteiger partial charge in [-0.05, 0) is 47.7 Å². The van der Waals surface area contributed by atoms with E-state index in [4.69, 9.17) is 0 Å². The molecule has 1 heterocycles. The molecule has 7 heteroatoms. The highest BCUT2D eigenvalue weighted by Gasteiger charge is 2.18. The van der Waals surface area contributed by atoms with Gasteiger partial charge in [0.1, 0.15) is 0 Å². The maximum absolute atomic E-state index is 12.8. The minimum absolute atomic E-state index is 0.167. The summed E-state index contributed by atoms with van der Waals surface area (Å²) in [6, 6.07) is 14.2. The van der Waals surface area contributed by atoms with Gasteiger partial charge in [0.2, 0.25) is 6.41 Å². The molecule has 0 saturated carbocycles. The van der Waals surface area contributed by atoms with Gasteiger partial charge in [-0.3, -0.25) is 9.59 Å². The summed E-state index contributed by atoms with van der Waals surface area (Å²) < 4.78 is 0. The van der Waals surface area contributed by atoms with Crippen LogP contribution in [0, 0.1) is 0 Å². The number of aryl methyl sites for hydroxylation is 2. The van der Waals surface area contributed by atoms with Gasteiger partial charge in [0, 0.05) is 57.1 Å². The SMILES string of the molecule is CCc1ccccc1CNCC(O)CNC(=O)c1ccc(N2CCN(C=O)CC2)cc1CC. The highest BCUT2D eigenvalue weighted by Crippen LogP contribution is 2.22. The number of piperazine rings is 1. The number of aliphatic hydroxyl groups excluding tert-OH is 1. The number of aliphatic hydroxyl groups is 1. The van der Waals surface area contributed by atoms with E-state index in [1.165, 1.54) is 11.1 Å². The summed E-state index contributed by atoms with van der Waals surface area (Å²) in [6.45, 7) is 8.46. The van der Waals surface area contributed by atoms with E-state index in [0.29, 0.717) is 31.7 Å². The molecular formula is C26H36N4O3. The lowest BCUT2D eigenvalue weighted by atomic mass is 10.0. The van der Waals surface area contributed by atoms with Crippen molar-refractivity contribution in [3.63, 3.8) is 0 Å². The third kappa shape index (κ3) is 6.79. The molecule has 3 N–H and O–H groups in total. The van der Waals surface area contributed by atoms with Crippen molar-refractivity contribution in [2.45, 2.75) is 39.3 Å². The topological polar surface area (TPSA) is 84.9 Å². The Hall–Kier alpha value is -2.90. The molecule has 0 aromatic heterocycles. The summed E-state index contributed by atoms with van der Waals surface area (Å²) in [4.78, 5) is 27.7. The summed E-state index contributed by atoms with van der Waals surface area (Å²) in [6.07, 6.45) is 1.95. The first-order valence-electron chi connectivity index (χ1n) is 11.9. The molecule has 7 nitrogen and oxygen atoms in total. The van der Waals surface area contributed by atoms with Crippen molar-refractivity contribution in [1.82, 2.24) is 15.5 Å². The first-order chi connectivity index (χ1) is 16.0. The van der Waals surface area contributed by atoms with Crippen LogP contribution in [0.3, 0.4) is 0 Å². The Labute approximate surface area is 196 Å². The Morgan fingerprint density at radius 3 is 2.36 bits per heavy atom. The number of nitrogens with zero attached hydrogens (tertiary/aromatic N) is 2. The molecule has 178 valence electrons. The molecule has 0 spiro atoms. The number of hydrogen-bond acceptors (Lipinski definition) is 5. The summed E-state index contributed by atoms with van der Waals surface area (Å²) in [5, 5.41) is 16.5. The second kappa shape index (κ2) is 12.4. The molecule has 2 amide bonds. The van der Waals surface area contributed by atoms with E-state index in [2.05, 4.69) is 40.7 Å². The zero-order valence-corrected chi connectivity index (χ0v) is 19.7. The van der Waals surface area contributed by atoms with Gasteiger partial charge in [0.15, 0.2) is 0 Å². The van der Waals surface area contributed by atoms with Crippen molar-refractivity contribution >= 4 is 18.0 Å². The van der Waals surface area contributed by atoms with Gasteiger partial charge in [-0.25, -0.2) is 0 Å². The highest BCUT2D eigenvalue weighted by molar-refractivity contribution is 5.96. The number of carbonyl (C=O) groups excluding carboxylic acids is 2. The van der Waals surface area contributed by atoms with Crippen molar-refractivity contribution in [3.8, 4) is 0 Å². The lowest BCUT2D eigenvalue weighted by Gasteiger charge is -2.34. The van der Waals surface area contributed by atoms with E-state index < -0.39 is 6.10 Å². The molecule has 1 unspecified atom stereocenters. The van der Waals surface area contributed by atoms with Crippen molar-refractivity contribution in [1.29, 1.82) is 0 Å². The lowest BCUT2D eigenvalue weighted by molar-refractivity contribution is -0.118. The van der Waals surface area contributed by atoms with Crippen LogP contribution in [0.25, 0.3) is 0 Å². The van der Waals surface area contributed by atoms with Crippen LogP contribution in [-0.4, -0.2) is 67.7 Å². The molecule has 1 saturated heterocycles. The van der Waals surface area contributed by atoms with Gasteiger partial charge < -0.3 is 25.5 Å². The van der Waals surface area contributed by atoms with Crippen LogP contribution in [0.1, 0.15) is 40.9 Å². The third-order valence-corrected chi connectivity index (χ3v) is 6.24. The first-order valence-corrected chi connectivity index (χ1v) is 11.9. The van der Waals surface area contributed by atoms with E-state index in [9.17, 15) is 14.7 Å². The minimum atomic E-state index is -0.666. The Morgan fingerprint density at radius 2 is 1.70 bits per heavy atom. The number of rotatable bonds is 11. The number of anilines is 1. The normalized spacial score (nSPS) is 14.8. The minimum Gasteiger partial charge on any atom is -0.390 e. The molecule has 2 aromatic carbocycles. The van der Waals surface area contributed by atoms with Crippen molar-refractivity contribution in [2.75, 3.05) is 44.2 Å². The number of hydrogen-bond donors (Lipinski definition) is 3. The Kier molecular flexibility index (Phi) is 9.27. The summed E-state index contributed by atoms with van der Waals surface area (Å²) >= 11 is 0. The monoisotopic (exact) mass is 452 g/mol. The predicted octanol–water partition coefficient (Wildman–Crippen LogP) is 1.97. The molecule has 1 aliphatic rings. The van der Waals surface area contributed by atoms with Crippen LogP contribution in [-0.2, 0) is 24.2 Å². The van der Waals surface area contributed by atoms with Gasteiger partial charge in [0.05, 0.1) is 6.10 Å². The zero-order valence-electron chi connectivity index (χ0n) is 19.7. The van der Waals surface area contributed by atoms with Gasteiger partial charge in [-0.15, -0.1) is 0 Å². The van der Waals surface area contributed by atoms with Crippen LogP contribution >= 0.6 is 0 Å². The summed E-state index contributed by atoms with van der Waals surface area (Å²) in [5.41, 5.74) is 5.23. The number of benzene rings is 2. The fourth-order valence-electron chi connectivity index (χ4n) is 4.20. The smallest absolute Gasteiger partial charge is 0.251 e. The molecule has 1 aliphatic heterocycles. The third-order valence-electron chi connectivity index (χ3n) is 6.24. The Balaban J connectivity index is 1.49. The number of amides is 2. The fraction of sp³-hybridized carbons (Fsp3) is 0.462. The second-order valence-corrected chi connectivity index (χ2v) is 8.44. The van der Waals surface area contributed by atoms with E-state index >= 15 is 0 Å². The predicted molar refractivity (Wildman–Crippen MR) is 132 cm³/mol. The molecule has 0 aliphatic carbocycles. The molecule has 33 heavy (non-hydrogen) atoms. The van der Waals surface area contributed by atoms with Crippen LogP contribution in [0.4, 0.5) is 5.69 Å². The van der Waals surface area contributed by atoms with Gasteiger partial charge in [0.25, 0.3) is 5.91 Å². The van der Waals surface area contributed by atoms with Crippen molar-refractivity contribution in [3.05, 3.63) is 64.7 Å². The quantitative estimate of drug-likeness (QED) is 0.454. The maximum Gasteiger partial charge on any atom is 0.251 e. The standard InChI is InChI=1S/C26H36N4O3/c1-3-20-7-5-6-8-22(20)16-27-17-24(32)18-28-26(33)25-10-9-23(15-21(25)4-2)30-13-11-29(19-31)12-14-30/h5-10,15,19,24,27,32H,3-4,11-14,16-18H2,1-2H3,(H,28,33). The van der Waals surface area contributed by atoms with Crippen LogP contribution < -0.4 is 15.5 Å². The van der Waals surface area contributed by atoms with Crippen LogP contribution in [0.5, 0.6) is 0 Å². The van der Waals surface area contributed by atoms with E-state index in [-0.39, 0.29) is 12.5 Å². The Morgan fingerprint density at radius 1 is 1.00 bits per heavy atom. The molecule has 0 bridgehead atoms. The van der Waals surface area contributed by atoms with Crippen molar-refractivity contribution < 1.29 is 14.7 Å². The average Bonchev–Trinajstić information content (AvgIpc) is 2.87. The molecule has 0 radical (unpaired) electrons. The molecule has 1 fully saturated rings. The number of nitrogens with one attached hydrogen (secondary N) is 2. The van der Waals surface area contributed by atoms with Gasteiger partial charge in [-0.1, -0.05) is 38.1 Å². The van der Waals surface area contributed by atoms with Crippen molar-refractivity contribution in [2.24, 2.45) is 0 Å². The molecule has 1 atom stereocenters. The van der Waals surface area contributed by atoms with Gasteiger partial charge >= 0.3 is 0 Å². The first kappa shape index (κ1) is 24.7. The van der Waals surface area contributed by atoms with Gasteiger partial charge in [-0.2, -0.15) is 0 Å². The summed E-state index contributed by atoms with van der Waals surface area (Å²) in [5.74, 6) is -0.167. The second-order valence-electron chi connectivity index (χ2n) is 8.44. The summed E-state index contributed by atoms with van der Waals surface area (Å²) in [7, 11) is 0. The maximum atomic E-state index is 12.8. The molecule has 3 rings (SSSR count). The Bertz CT molecular complexity index is 926. The molecule has 2 aromatic rings. The van der Waals surface area contributed by atoms with Crippen LogP contribution in [0.2, 0.25) is 0 Å². The zero-order chi connectivity index (χ0) is 23.6. The molecular weight excluding hydrogens is 416 g/mol. The largest absolute Gasteiger partial charge is 0.390 e. The van der Waals surface area contributed by atoms with E-state index in [0.717, 1.165) is 43.6 Å². The fourth-order valence-corrected chi connectivity index (χ4v) is 4.20. The number of carbonyl (C=O) groups is 2.